The van der Waals surface area contributed by atoms with Gasteiger partial charge < -0.3 is 5.32 Å². The van der Waals surface area contributed by atoms with E-state index in [4.69, 9.17) is 11.6 Å². The maximum Gasteiger partial charge on any atom is 0.242 e. The third-order valence-corrected chi connectivity index (χ3v) is 3.56. The molecule has 2 aromatic rings. The van der Waals surface area contributed by atoms with Crippen LogP contribution in [0.2, 0.25) is 5.28 Å². The van der Waals surface area contributed by atoms with E-state index in [0.29, 0.717) is 5.92 Å². The Hall–Kier alpha value is -1.88. The van der Waals surface area contributed by atoms with Gasteiger partial charge >= 0.3 is 0 Å². The standard InChI is InChI=1S/C14H15ClN4O/c15-14-16-9-19(18-14)8-12(20)17-13(11-6-7-11)10-4-2-1-3-5-10/h1-5,9,11,13H,6-8H2,(H,17,20)/t13-/m0/s1. The highest BCUT2D eigenvalue weighted by Gasteiger charge is 2.33. The Morgan fingerprint density at radius 2 is 2.15 bits per heavy atom. The van der Waals surface area contributed by atoms with E-state index >= 15 is 0 Å². The van der Waals surface area contributed by atoms with Gasteiger partial charge in [-0.15, -0.1) is 5.10 Å². The second-order valence-corrected chi connectivity index (χ2v) is 5.34. The average Bonchev–Trinajstić information content (AvgIpc) is 3.21. The minimum atomic E-state index is -0.0766. The molecule has 3 rings (SSSR count). The maximum absolute atomic E-state index is 12.1. The number of benzene rings is 1. The summed E-state index contributed by atoms with van der Waals surface area (Å²) in [6.45, 7) is 0.135. The smallest absolute Gasteiger partial charge is 0.242 e. The van der Waals surface area contributed by atoms with Crippen LogP contribution in [0.15, 0.2) is 36.7 Å². The van der Waals surface area contributed by atoms with Crippen molar-refractivity contribution in [2.75, 3.05) is 0 Å². The van der Waals surface area contributed by atoms with E-state index in [2.05, 4.69) is 27.5 Å². The molecule has 1 aromatic heterocycles. The molecule has 1 aromatic carbocycles. The van der Waals surface area contributed by atoms with Crippen LogP contribution in [-0.2, 0) is 11.3 Å². The van der Waals surface area contributed by atoms with Gasteiger partial charge in [0.2, 0.25) is 11.2 Å². The SMILES string of the molecule is O=C(Cn1cnc(Cl)n1)N[C@@H](c1ccccc1)C1CC1. The van der Waals surface area contributed by atoms with Gasteiger partial charge in [0.1, 0.15) is 12.9 Å². The number of carbonyl (C=O) groups excluding carboxylic acids is 1. The molecule has 0 saturated heterocycles. The Bertz CT molecular complexity index is 594. The first kappa shape index (κ1) is 13.1. The Balaban J connectivity index is 1.66. The quantitative estimate of drug-likeness (QED) is 0.918. The lowest BCUT2D eigenvalue weighted by atomic mass is 10.0. The predicted octanol–water partition coefficient (Wildman–Crippen LogP) is 2.20. The zero-order valence-electron chi connectivity index (χ0n) is 10.9. The minimum absolute atomic E-state index is 0.0766. The van der Waals surface area contributed by atoms with E-state index in [1.165, 1.54) is 11.0 Å². The van der Waals surface area contributed by atoms with Crippen LogP contribution in [0.25, 0.3) is 0 Å². The summed E-state index contributed by atoms with van der Waals surface area (Å²) in [5.74, 6) is 0.466. The van der Waals surface area contributed by atoms with Crippen LogP contribution >= 0.6 is 11.6 Å². The van der Waals surface area contributed by atoms with Crippen LogP contribution in [0.5, 0.6) is 0 Å². The molecule has 104 valence electrons. The van der Waals surface area contributed by atoms with Gasteiger partial charge in [0.05, 0.1) is 6.04 Å². The van der Waals surface area contributed by atoms with Crippen molar-refractivity contribution in [2.45, 2.75) is 25.4 Å². The number of amides is 1. The lowest BCUT2D eigenvalue weighted by Crippen LogP contribution is -2.32. The van der Waals surface area contributed by atoms with Gasteiger partial charge in [-0.05, 0) is 35.9 Å². The lowest BCUT2D eigenvalue weighted by molar-refractivity contribution is -0.122. The number of aromatic nitrogens is 3. The van der Waals surface area contributed by atoms with E-state index in [9.17, 15) is 4.79 Å². The fraction of sp³-hybridized carbons (Fsp3) is 0.357. The van der Waals surface area contributed by atoms with Crippen molar-refractivity contribution in [2.24, 2.45) is 5.92 Å². The highest BCUT2D eigenvalue weighted by molar-refractivity contribution is 6.28. The largest absolute Gasteiger partial charge is 0.347 e. The van der Waals surface area contributed by atoms with E-state index in [0.717, 1.165) is 18.4 Å². The van der Waals surface area contributed by atoms with Gasteiger partial charge in [0.25, 0.3) is 0 Å². The summed E-state index contributed by atoms with van der Waals surface area (Å²) in [5.41, 5.74) is 1.15. The third kappa shape index (κ3) is 3.17. The molecule has 0 bridgehead atoms. The van der Waals surface area contributed by atoms with Crippen molar-refractivity contribution in [1.29, 1.82) is 0 Å². The van der Waals surface area contributed by atoms with Crippen LogP contribution < -0.4 is 5.32 Å². The number of carbonyl (C=O) groups is 1. The Labute approximate surface area is 122 Å². The molecule has 0 unspecified atom stereocenters. The minimum Gasteiger partial charge on any atom is -0.347 e. The predicted molar refractivity (Wildman–Crippen MR) is 75.1 cm³/mol. The van der Waals surface area contributed by atoms with Crippen molar-refractivity contribution in [3.8, 4) is 0 Å². The van der Waals surface area contributed by atoms with Crippen molar-refractivity contribution in [1.82, 2.24) is 20.1 Å². The fourth-order valence-electron chi connectivity index (χ4n) is 2.28. The van der Waals surface area contributed by atoms with Crippen molar-refractivity contribution >= 4 is 17.5 Å². The van der Waals surface area contributed by atoms with Gasteiger partial charge in [0, 0.05) is 0 Å². The number of rotatable bonds is 5. The molecule has 1 N–H and O–H groups in total. The fourth-order valence-corrected chi connectivity index (χ4v) is 2.42. The van der Waals surface area contributed by atoms with E-state index in [1.807, 2.05) is 18.2 Å². The number of nitrogens with zero attached hydrogens (tertiary/aromatic N) is 3. The molecule has 1 fully saturated rings. The van der Waals surface area contributed by atoms with Gasteiger partial charge in [0.15, 0.2) is 0 Å². The summed E-state index contributed by atoms with van der Waals surface area (Å²) in [6.07, 6.45) is 3.78. The lowest BCUT2D eigenvalue weighted by Gasteiger charge is -2.18. The topological polar surface area (TPSA) is 59.8 Å². The van der Waals surface area contributed by atoms with Crippen LogP contribution in [0, 0.1) is 5.92 Å². The summed E-state index contributed by atoms with van der Waals surface area (Å²) < 4.78 is 1.44. The van der Waals surface area contributed by atoms with Crippen LogP contribution in [0.3, 0.4) is 0 Å². The number of halogens is 1. The normalized spacial score (nSPS) is 15.8. The van der Waals surface area contributed by atoms with E-state index in [1.54, 1.807) is 0 Å². The highest BCUT2D eigenvalue weighted by atomic mass is 35.5. The molecule has 1 amide bonds. The molecule has 5 nitrogen and oxygen atoms in total. The van der Waals surface area contributed by atoms with Crippen LogP contribution in [-0.4, -0.2) is 20.7 Å². The number of hydrogen-bond acceptors (Lipinski definition) is 3. The molecule has 0 spiro atoms. The first-order valence-electron chi connectivity index (χ1n) is 6.61. The molecule has 0 aliphatic heterocycles. The second-order valence-electron chi connectivity index (χ2n) is 5.00. The van der Waals surface area contributed by atoms with Crippen LogP contribution in [0.4, 0.5) is 0 Å². The second kappa shape index (κ2) is 5.63. The monoisotopic (exact) mass is 290 g/mol. The summed E-state index contributed by atoms with van der Waals surface area (Å²) in [7, 11) is 0. The number of hydrogen-bond donors (Lipinski definition) is 1. The molecule has 1 aliphatic carbocycles. The summed E-state index contributed by atoms with van der Waals surface area (Å²) in [5, 5.41) is 7.14. The zero-order valence-corrected chi connectivity index (χ0v) is 11.6. The summed E-state index contributed by atoms with van der Waals surface area (Å²) >= 11 is 5.63. The van der Waals surface area contributed by atoms with Crippen molar-refractivity contribution in [3.05, 3.63) is 47.5 Å². The molecule has 20 heavy (non-hydrogen) atoms. The highest BCUT2D eigenvalue weighted by Crippen LogP contribution is 2.40. The molecular formula is C14H15ClN4O. The van der Waals surface area contributed by atoms with Gasteiger partial charge in [-0.25, -0.2) is 9.67 Å². The zero-order chi connectivity index (χ0) is 13.9. The first-order chi connectivity index (χ1) is 9.72. The Morgan fingerprint density at radius 3 is 2.75 bits per heavy atom. The van der Waals surface area contributed by atoms with Crippen LogP contribution in [0.1, 0.15) is 24.4 Å². The molecule has 1 atom stereocenters. The van der Waals surface area contributed by atoms with E-state index < -0.39 is 0 Å². The van der Waals surface area contributed by atoms with Gasteiger partial charge in [-0.1, -0.05) is 30.3 Å². The molecule has 0 radical (unpaired) electrons. The third-order valence-electron chi connectivity index (χ3n) is 3.38. The van der Waals surface area contributed by atoms with E-state index in [-0.39, 0.29) is 23.8 Å². The molecule has 1 heterocycles. The Morgan fingerprint density at radius 1 is 1.40 bits per heavy atom. The van der Waals surface area contributed by atoms with Gasteiger partial charge in [-0.3, -0.25) is 4.79 Å². The molecular weight excluding hydrogens is 276 g/mol. The Kier molecular flexibility index (Phi) is 3.69. The summed E-state index contributed by atoms with van der Waals surface area (Å²) in [6, 6.07) is 10.2. The first-order valence-corrected chi connectivity index (χ1v) is 6.99. The number of nitrogens with one attached hydrogen (secondary N) is 1. The van der Waals surface area contributed by atoms with Crippen molar-refractivity contribution in [3.63, 3.8) is 0 Å². The molecule has 6 heteroatoms. The summed E-state index contributed by atoms with van der Waals surface area (Å²) in [4.78, 5) is 15.9. The van der Waals surface area contributed by atoms with Gasteiger partial charge in [-0.2, -0.15) is 0 Å². The molecule has 1 aliphatic rings. The average molecular weight is 291 g/mol. The molecule has 1 saturated carbocycles. The van der Waals surface area contributed by atoms with Crippen molar-refractivity contribution < 1.29 is 4.79 Å². The maximum atomic E-state index is 12.1.